The van der Waals surface area contributed by atoms with Crippen LogP contribution in [0, 0.1) is 35.5 Å². The zero-order chi connectivity index (χ0) is 28.4. The summed E-state index contributed by atoms with van der Waals surface area (Å²) in [6.07, 6.45) is 16.2. The first-order chi connectivity index (χ1) is 18.3. The SMILES string of the molecule is Cc1ccc(S(=O)(=O)N[C@H]2C/C(=C\C=C3/CCC[C@]4(C)[C@@H]([C@H](C)CCCC(C)(C)C)CC[C@@H]34)C[C@@H](O)C2)cc1. The van der Waals surface area contributed by atoms with Crippen molar-refractivity contribution in [1.82, 2.24) is 4.72 Å². The summed E-state index contributed by atoms with van der Waals surface area (Å²) in [6, 6.07) is 6.66. The van der Waals surface area contributed by atoms with E-state index in [1.54, 1.807) is 17.7 Å². The summed E-state index contributed by atoms with van der Waals surface area (Å²) in [5.41, 5.74) is 4.57. The van der Waals surface area contributed by atoms with Gasteiger partial charge in [0.1, 0.15) is 0 Å². The van der Waals surface area contributed by atoms with Crippen LogP contribution in [-0.4, -0.2) is 25.7 Å². The van der Waals surface area contributed by atoms with Gasteiger partial charge in [-0.1, -0.05) is 88.5 Å². The lowest BCUT2D eigenvalue weighted by molar-refractivity contribution is 0.0920. The summed E-state index contributed by atoms with van der Waals surface area (Å²) in [6.45, 7) is 14.1. The Morgan fingerprint density at radius 3 is 2.54 bits per heavy atom. The van der Waals surface area contributed by atoms with E-state index in [9.17, 15) is 13.5 Å². The van der Waals surface area contributed by atoms with Crippen molar-refractivity contribution in [2.24, 2.45) is 28.6 Å². The van der Waals surface area contributed by atoms with Gasteiger partial charge < -0.3 is 5.11 Å². The average molecular weight is 556 g/mol. The summed E-state index contributed by atoms with van der Waals surface area (Å²) in [5.74, 6) is 2.23. The number of nitrogens with one attached hydrogen (secondary N) is 1. The molecule has 4 rings (SSSR count). The van der Waals surface area contributed by atoms with Gasteiger partial charge in [-0.15, -0.1) is 0 Å². The third kappa shape index (κ3) is 7.65. The zero-order valence-corrected chi connectivity index (χ0v) is 26.1. The van der Waals surface area contributed by atoms with E-state index in [4.69, 9.17) is 0 Å². The Morgan fingerprint density at radius 1 is 1.13 bits per heavy atom. The van der Waals surface area contributed by atoms with Crippen LogP contribution in [0.3, 0.4) is 0 Å². The van der Waals surface area contributed by atoms with Crippen molar-refractivity contribution < 1.29 is 13.5 Å². The number of hydrogen-bond donors (Lipinski definition) is 2. The molecule has 39 heavy (non-hydrogen) atoms. The highest BCUT2D eigenvalue weighted by molar-refractivity contribution is 7.89. The van der Waals surface area contributed by atoms with Crippen LogP contribution < -0.4 is 4.72 Å². The maximum Gasteiger partial charge on any atom is 0.240 e. The third-order valence-electron chi connectivity index (χ3n) is 10.1. The van der Waals surface area contributed by atoms with Crippen LogP contribution in [0.25, 0.3) is 0 Å². The normalized spacial score (nSPS) is 32.9. The van der Waals surface area contributed by atoms with E-state index in [0.29, 0.717) is 36.0 Å². The number of rotatable bonds is 8. The summed E-state index contributed by atoms with van der Waals surface area (Å²) in [5, 5.41) is 10.6. The van der Waals surface area contributed by atoms with Crippen LogP contribution in [0.4, 0.5) is 0 Å². The summed E-state index contributed by atoms with van der Waals surface area (Å²) < 4.78 is 28.8. The molecule has 0 unspecified atom stereocenters. The van der Waals surface area contributed by atoms with Crippen molar-refractivity contribution >= 4 is 10.0 Å². The summed E-state index contributed by atoms with van der Waals surface area (Å²) in [7, 11) is -3.61. The molecule has 218 valence electrons. The van der Waals surface area contributed by atoms with Gasteiger partial charge >= 0.3 is 0 Å². The molecule has 0 aromatic heterocycles. The molecule has 0 amide bonds. The molecule has 2 N–H and O–H groups in total. The number of aryl methyl sites for hydroxylation is 1. The van der Waals surface area contributed by atoms with Gasteiger partial charge in [-0.25, -0.2) is 13.1 Å². The first-order valence-corrected chi connectivity index (χ1v) is 16.9. The van der Waals surface area contributed by atoms with Gasteiger partial charge in [-0.3, -0.25) is 0 Å². The number of sulfonamides is 1. The minimum absolute atomic E-state index is 0.283. The van der Waals surface area contributed by atoms with Gasteiger partial charge in [0.05, 0.1) is 11.0 Å². The third-order valence-corrected chi connectivity index (χ3v) is 11.6. The van der Waals surface area contributed by atoms with Crippen molar-refractivity contribution in [3.8, 4) is 0 Å². The van der Waals surface area contributed by atoms with Crippen LogP contribution in [0.5, 0.6) is 0 Å². The molecule has 1 aromatic rings. The number of benzene rings is 1. The minimum atomic E-state index is -3.61. The van der Waals surface area contributed by atoms with Gasteiger partial charge in [0.25, 0.3) is 0 Å². The molecule has 0 heterocycles. The quantitative estimate of drug-likeness (QED) is 0.340. The highest BCUT2D eigenvalue weighted by atomic mass is 32.2. The molecule has 3 saturated carbocycles. The number of hydrogen-bond acceptors (Lipinski definition) is 3. The molecular formula is C34H53NO3S. The van der Waals surface area contributed by atoms with E-state index in [-0.39, 0.29) is 10.9 Å². The fourth-order valence-corrected chi connectivity index (χ4v) is 9.27. The van der Waals surface area contributed by atoms with Crippen molar-refractivity contribution in [2.45, 2.75) is 129 Å². The van der Waals surface area contributed by atoms with Crippen molar-refractivity contribution in [2.75, 3.05) is 0 Å². The van der Waals surface area contributed by atoms with Gasteiger partial charge in [0, 0.05) is 6.04 Å². The highest BCUT2D eigenvalue weighted by Gasteiger charge is 2.50. The van der Waals surface area contributed by atoms with Gasteiger partial charge in [0.2, 0.25) is 10.0 Å². The Morgan fingerprint density at radius 2 is 1.85 bits per heavy atom. The number of allylic oxidation sites excluding steroid dienone is 3. The lowest BCUT2D eigenvalue weighted by Crippen LogP contribution is -2.40. The molecule has 1 aromatic carbocycles. The van der Waals surface area contributed by atoms with E-state index in [0.717, 1.165) is 23.0 Å². The monoisotopic (exact) mass is 555 g/mol. The molecule has 0 aliphatic heterocycles. The number of aliphatic hydroxyl groups is 1. The Bertz CT molecular complexity index is 1140. The largest absolute Gasteiger partial charge is 0.393 e. The standard InChI is InChI=1S/C34H53NO3S/c1-24-11-15-30(16-12-24)39(37,38)35-28-21-26(22-29(36)23-28)13-14-27-10-8-20-34(6)31(17-18-32(27)34)25(2)9-7-19-33(3,4)5/h11-16,25,28-29,31-32,35-36H,7-10,17-23H2,1-6H3/b26-13+,27-14+/t25-,28+,29-,31-,32+,34-/m1/s1. The fraction of sp³-hybridized carbons (Fsp3) is 0.706. The van der Waals surface area contributed by atoms with E-state index >= 15 is 0 Å². The molecule has 3 fully saturated rings. The van der Waals surface area contributed by atoms with Crippen LogP contribution in [0.1, 0.15) is 111 Å². The van der Waals surface area contributed by atoms with E-state index in [2.05, 4.69) is 51.5 Å². The fourth-order valence-electron chi connectivity index (χ4n) is 8.02. The Hall–Kier alpha value is -1.43. The van der Waals surface area contributed by atoms with Gasteiger partial charge in [-0.05, 0) is 105 Å². The maximum absolute atomic E-state index is 13.0. The first kappa shape index (κ1) is 30.5. The second-order valence-electron chi connectivity index (χ2n) is 14.5. The van der Waals surface area contributed by atoms with E-state index in [1.807, 2.05) is 19.1 Å². The summed E-state index contributed by atoms with van der Waals surface area (Å²) >= 11 is 0. The molecule has 0 radical (unpaired) electrons. The highest BCUT2D eigenvalue weighted by Crippen LogP contribution is 2.60. The maximum atomic E-state index is 13.0. The van der Waals surface area contributed by atoms with E-state index < -0.39 is 16.1 Å². The van der Waals surface area contributed by atoms with Gasteiger partial charge in [0.15, 0.2) is 0 Å². The average Bonchev–Trinajstić information content (AvgIpc) is 3.19. The molecule has 6 atom stereocenters. The molecule has 5 heteroatoms. The lowest BCUT2D eigenvalue weighted by atomic mass is 9.60. The second-order valence-corrected chi connectivity index (χ2v) is 16.2. The van der Waals surface area contributed by atoms with Crippen LogP contribution in [-0.2, 0) is 10.0 Å². The first-order valence-electron chi connectivity index (χ1n) is 15.4. The molecule has 3 aliphatic rings. The smallest absolute Gasteiger partial charge is 0.240 e. The summed E-state index contributed by atoms with van der Waals surface area (Å²) in [4.78, 5) is 0.283. The number of fused-ring (bicyclic) bond motifs is 1. The predicted octanol–water partition coefficient (Wildman–Crippen LogP) is 8.11. The van der Waals surface area contributed by atoms with Crippen molar-refractivity contribution in [3.63, 3.8) is 0 Å². The van der Waals surface area contributed by atoms with Gasteiger partial charge in [-0.2, -0.15) is 0 Å². The molecule has 0 bridgehead atoms. The van der Waals surface area contributed by atoms with E-state index in [1.165, 1.54) is 51.4 Å². The zero-order valence-electron chi connectivity index (χ0n) is 25.3. The number of aliphatic hydroxyl groups excluding tert-OH is 1. The topological polar surface area (TPSA) is 66.4 Å². The lowest BCUT2D eigenvalue weighted by Gasteiger charge is -2.44. The molecular weight excluding hydrogens is 502 g/mol. The second kappa shape index (κ2) is 12.2. The Balaban J connectivity index is 1.42. The van der Waals surface area contributed by atoms with Crippen LogP contribution in [0.2, 0.25) is 0 Å². The Kier molecular flexibility index (Phi) is 9.55. The minimum Gasteiger partial charge on any atom is -0.393 e. The Labute approximate surface area is 238 Å². The van der Waals surface area contributed by atoms with Crippen LogP contribution >= 0.6 is 0 Å². The van der Waals surface area contributed by atoms with Crippen LogP contribution in [0.15, 0.2) is 52.5 Å². The predicted molar refractivity (Wildman–Crippen MR) is 162 cm³/mol. The molecule has 0 spiro atoms. The van der Waals surface area contributed by atoms with Crippen molar-refractivity contribution in [1.29, 1.82) is 0 Å². The molecule has 4 nitrogen and oxygen atoms in total. The molecule has 3 aliphatic carbocycles. The molecule has 0 saturated heterocycles. The van der Waals surface area contributed by atoms with Crippen molar-refractivity contribution in [3.05, 3.63) is 53.1 Å².